The highest BCUT2D eigenvalue weighted by Crippen LogP contribution is 2.51. The fourth-order valence-electron chi connectivity index (χ4n) is 4.00. The maximum absolute atomic E-state index is 12.9. The van der Waals surface area contributed by atoms with Gasteiger partial charge in [-0.3, -0.25) is 4.79 Å². The molecule has 1 aromatic carbocycles. The number of halogens is 1. The largest absolute Gasteiger partial charge is 0.294 e. The molecule has 0 fully saturated rings. The Morgan fingerprint density at radius 1 is 1.00 bits per heavy atom. The summed E-state index contributed by atoms with van der Waals surface area (Å²) in [5.41, 5.74) is 4.15. The van der Waals surface area contributed by atoms with E-state index in [9.17, 15) is 4.79 Å². The maximum Gasteiger partial charge on any atom is 0.166 e. The first-order valence-electron chi connectivity index (χ1n) is 8.44. The minimum absolute atomic E-state index is 0.0792. The zero-order chi connectivity index (χ0) is 16.8. The third kappa shape index (κ3) is 3.19. The van der Waals surface area contributed by atoms with Crippen molar-refractivity contribution in [1.82, 2.24) is 0 Å². The molecule has 0 spiro atoms. The van der Waals surface area contributed by atoms with Crippen molar-refractivity contribution in [3.05, 3.63) is 56.7 Å². The van der Waals surface area contributed by atoms with Gasteiger partial charge in [-0.1, -0.05) is 63.1 Å². The Balaban J connectivity index is 1.89. The molecule has 0 bridgehead atoms. The fourth-order valence-corrected chi connectivity index (χ4v) is 4.36. The van der Waals surface area contributed by atoms with Crippen molar-refractivity contribution < 1.29 is 4.79 Å². The van der Waals surface area contributed by atoms with E-state index < -0.39 is 0 Å². The molecule has 23 heavy (non-hydrogen) atoms. The van der Waals surface area contributed by atoms with Gasteiger partial charge in [0.05, 0.1) is 0 Å². The number of Topliss-reactive ketones (excluding diaryl/α,β-unsaturated/α-hetero) is 1. The molecule has 2 aliphatic rings. The Hall–Kier alpha value is -0.900. The highest BCUT2D eigenvalue weighted by Gasteiger charge is 2.39. The average molecular weight is 420 g/mol. The Bertz CT molecular complexity index is 689. The SMILES string of the molecule is CC1(C)C=CC(C)(C)C2=C1CCC(C(=O)c1ccc(I)cc1)C2. The summed E-state index contributed by atoms with van der Waals surface area (Å²) in [6.07, 6.45) is 7.64. The number of hydrogen-bond acceptors (Lipinski definition) is 1. The lowest BCUT2D eigenvalue weighted by Crippen LogP contribution is -2.32. The van der Waals surface area contributed by atoms with Crippen LogP contribution in [0, 0.1) is 20.3 Å². The number of rotatable bonds is 2. The van der Waals surface area contributed by atoms with Crippen LogP contribution in [0.15, 0.2) is 47.6 Å². The van der Waals surface area contributed by atoms with Crippen LogP contribution >= 0.6 is 22.6 Å². The van der Waals surface area contributed by atoms with E-state index in [0.717, 1.165) is 24.8 Å². The highest BCUT2D eigenvalue weighted by molar-refractivity contribution is 14.1. The maximum atomic E-state index is 12.9. The quantitative estimate of drug-likeness (QED) is 0.317. The predicted octanol–water partition coefficient (Wildman–Crippen LogP) is 6.19. The number of carbonyl (C=O) groups excluding carboxylic acids is 1. The van der Waals surface area contributed by atoms with Gasteiger partial charge in [0.2, 0.25) is 0 Å². The Kier molecular flexibility index (Phi) is 4.33. The molecular weight excluding hydrogens is 395 g/mol. The molecule has 1 nitrogen and oxygen atoms in total. The van der Waals surface area contributed by atoms with Gasteiger partial charge in [-0.05, 0) is 54.0 Å². The van der Waals surface area contributed by atoms with Crippen LogP contribution in [-0.2, 0) is 0 Å². The van der Waals surface area contributed by atoms with Gasteiger partial charge in [0.25, 0.3) is 0 Å². The molecule has 1 aromatic rings. The van der Waals surface area contributed by atoms with Crippen molar-refractivity contribution in [1.29, 1.82) is 0 Å². The zero-order valence-electron chi connectivity index (χ0n) is 14.4. The number of benzene rings is 1. The van der Waals surface area contributed by atoms with Gasteiger partial charge in [0.1, 0.15) is 0 Å². The van der Waals surface area contributed by atoms with Gasteiger partial charge in [-0.15, -0.1) is 0 Å². The third-order valence-corrected chi connectivity index (χ3v) is 6.25. The summed E-state index contributed by atoms with van der Waals surface area (Å²) in [5.74, 6) is 0.450. The number of carbonyl (C=O) groups is 1. The Labute approximate surface area is 153 Å². The fraction of sp³-hybridized carbons (Fsp3) is 0.476. The predicted molar refractivity (Wildman–Crippen MR) is 105 cm³/mol. The summed E-state index contributed by atoms with van der Waals surface area (Å²) in [7, 11) is 0. The summed E-state index contributed by atoms with van der Waals surface area (Å²) in [6.45, 7) is 9.17. The van der Waals surface area contributed by atoms with Crippen LogP contribution in [0.2, 0.25) is 0 Å². The van der Waals surface area contributed by atoms with E-state index in [1.54, 1.807) is 5.57 Å². The molecule has 2 heteroatoms. The van der Waals surface area contributed by atoms with Gasteiger partial charge in [-0.25, -0.2) is 0 Å². The second-order valence-electron chi connectivity index (χ2n) is 8.04. The standard InChI is InChI=1S/C21H25IO/c1-20(2)11-12-21(3,4)18-13-15(7-10-17(18)20)19(23)14-5-8-16(22)9-6-14/h5-6,8-9,11-12,15H,7,10,13H2,1-4H3. The van der Waals surface area contributed by atoms with Crippen LogP contribution in [0.3, 0.4) is 0 Å². The molecule has 0 saturated heterocycles. The van der Waals surface area contributed by atoms with Crippen LogP contribution in [0.1, 0.15) is 57.3 Å². The number of ketones is 1. The molecule has 122 valence electrons. The van der Waals surface area contributed by atoms with Crippen LogP contribution in [0.25, 0.3) is 0 Å². The van der Waals surface area contributed by atoms with E-state index in [0.29, 0.717) is 5.78 Å². The smallest absolute Gasteiger partial charge is 0.166 e. The molecule has 0 radical (unpaired) electrons. The molecular formula is C21H25IO. The van der Waals surface area contributed by atoms with E-state index in [-0.39, 0.29) is 16.7 Å². The summed E-state index contributed by atoms with van der Waals surface area (Å²) >= 11 is 2.28. The van der Waals surface area contributed by atoms with E-state index in [2.05, 4.69) is 62.4 Å². The molecule has 0 saturated carbocycles. The third-order valence-electron chi connectivity index (χ3n) is 5.53. The molecule has 3 rings (SSSR count). The first kappa shape index (κ1) is 16.9. The van der Waals surface area contributed by atoms with Crippen LogP contribution in [-0.4, -0.2) is 5.78 Å². The summed E-state index contributed by atoms with van der Waals surface area (Å²) in [4.78, 5) is 12.9. The minimum Gasteiger partial charge on any atom is -0.294 e. The zero-order valence-corrected chi connectivity index (χ0v) is 16.6. The Morgan fingerprint density at radius 2 is 1.57 bits per heavy atom. The van der Waals surface area contributed by atoms with E-state index in [1.165, 1.54) is 9.14 Å². The molecule has 2 aliphatic carbocycles. The average Bonchev–Trinajstić information content (AvgIpc) is 2.52. The summed E-state index contributed by atoms with van der Waals surface area (Å²) in [6, 6.07) is 8.00. The number of allylic oxidation sites excluding steroid dienone is 4. The van der Waals surface area contributed by atoms with E-state index >= 15 is 0 Å². The van der Waals surface area contributed by atoms with Crippen molar-refractivity contribution in [2.24, 2.45) is 16.7 Å². The summed E-state index contributed by atoms with van der Waals surface area (Å²) in [5, 5.41) is 0. The number of hydrogen-bond donors (Lipinski definition) is 0. The summed E-state index contributed by atoms with van der Waals surface area (Å²) < 4.78 is 1.17. The van der Waals surface area contributed by atoms with Crippen molar-refractivity contribution in [3.8, 4) is 0 Å². The Morgan fingerprint density at radius 3 is 2.17 bits per heavy atom. The highest BCUT2D eigenvalue weighted by atomic mass is 127. The van der Waals surface area contributed by atoms with E-state index in [1.807, 2.05) is 24.3 Å². The molecule has 0 aliphatic heterocycles. The molecule has 0 amide bonds. The lowest BCUT2D eigenvalue weighted by molar-refractivity contribution is 0.0902. The molecule has 0 aromatic heterocycles. The first-order chi connectivity index (χ1) is 10.7. The lowest BCUT2D eigenvalue weighted by Gasteiger charge is -2.43. The second-order valence-corrected chi connectivity index (χ2v) is 9.29. The van der Waals surface area contributed by atoms with Gasteiger partial charge in [0.15, 0.2) is 5.78 Å². The van der Waals surface area contributed by atoms with Gasteiger partial charge in [-0.2, -0.15) is 0 Å². The molecule has 0 N–H and O–H groups in total. The molecule has 1 atom stereocenters. The molecule has 1 unspecified atom stereocenters. The topological polar surface area (TPSA) is 17.1 Å². The minimum atomic E-state index is 0.0792. The second kappa shape index (κ2) is 5.87. The van der Waals surface area contributed by atoms with Crippen LogP contribution < -0.4 is 0 Å². The van der Waals surface area contributed by atoms with Crippen LogP contribution in [0.4, 0.5) is 0 Å². The van der Waals surface area contributed by atoms with Crippen molar-refractivity contribution in [2.75, 3.05) is 0 Å². The van der Waals surface area contributed by atoms with Crippen LogP contribution in [0.5, 0.6) is 0 Å². The van der Waals surface area contributed by atoms with Crippen molar-refractivity contribution >= 4 is 28.4 Å². The van der Waals surface area contributed by atoms with E-state index in [4.69, 9.17) is 0 Å². The lowest BCUT2D eigenvalue weighted by atomic mass is 9.61. The monoisotopic (exact) mass is 420 g/mol. The first-order valence-corrected chi connectivity index (χ1v) is 9.52. The molecule has 0 heterocycles. The van der Waals surface area contributed by atoms with Gasteiger partial charge >= 0.3 is 0 Å². The van der Waals surface area contributed by atoms with Gasteiger partial charge in [0, 0.05) is 25.9 Å². The van der Waals surface area contributed by atoms with Crippen molar-refractivity contribution in [3.63, 3.8) is 0 Å². The van der Waals surface area contributed by atoms with Gasteiger partial charge < -0.3 is 0 Å². The van der Waals surface area contributed by atoms with Crippen molar-refractivity contribution in [2.45, 2.75) is 47.0 Å². The normalized spacial score (nSPS) is 25.2.